The summed E-state index contributed by atoms with van der Waals surface area (Å²) in [6.07, 6.45) is 2.02. The number of nitrogens with one attached hydrogen (secondary N) is 4. The van der Waals surface area contributed by atoms with E-state index >= 15 is 0 Å². The average Bonchev–Trinajstić information content (AvgIpc) is 2.68. The molecule has 4 N–H and O–H groups in total. The maximum absolute atomic E-state index is 12.2. The van der Waals surface area contributed by atoms with Crippen LogP contribution >= 0.6 is 31.9 Å². The molecule has 7 heteroatoms. The zero-order chi connectivity index (χ0) is 19.5. The molecule has 0 saturated carbocycles. The van der Waals surface area contributed by atoms with Crippen molar-refractivity contribution >= 4 is 54.3 Å². The Hall–Kier alpha value is -1.83. The van der Waals surface area contributed by atoms with Crippen molar-refractivity contribution in [3.63, 3.8) is 0 Å². The van der Waals surface area contributed by atoms with Crippen LogP contribution in [0.25, 0.3) is 10.9 Å². The molecule has 1 aromatic heterocycles. The summed E-state index contributed by atoms with van der Waals surface area (Å²) in [5, 5.41) is 11.2. The number of aromatic amines is 1. The molecule has 3 aromatic rings. The van der Waals surface area contributed by atoms with Crippen LogP contribution in [0.1, 0.15) is 24.4 Å². The van der Waals surface area contributed by atoms with E-state index in [-0.39, 0.29) is 5.43 Å². The lowest BCUT2D eigenvalue weighted by Gasteiger charge is -2.29. The van der Waals surface area contributed by atoms with Crippen LogP contribution in [-0.2, 0) is 0 Å². The maximum Gasteiger partial charge on any atom is 0.191 e. The number of H-pyrrole nitrogens is 1. The Morgan fingerprint density at radius 2 is 1.96 bits per heavy atom. The average molecular weight is 506 g/mol. The number of hydrogen-bond donors (Lipinski definition) is 4. The van der Waals surface area contributed by atoms with E-state index in [1.165, 1.54) is 11.3 Å². The maximum atomic E-state index is 12.2. The molecule has 4 rings (SSSR count). The monoisotopic (exact) mass is 504 g/mol. The SMILES string of the molecule is O=c1cc(NCCCNC2CCNc3c(Br)cc(Br)cc32)[nH]c2ccccc12. The number of halogens is 2. The fourth-order valence-electron chi connectivity index (χ4n) is 3.64. The Balaban J connectivity index is 1.32. The lowest BCUT2D eigenvalue weighted by Crippen LogP contribution is -2.30. The van der Waals surface area contributed by atoms with Crippen LogP contribution in [0.2, 0.25) is 0 Å². The second kappa shape index (κ2) is 8.68. The fraction of sp³-hybridized carbons (Fsp3) is 0.286. The molecule has 0 radical (unpaired) electrons. The minimum Gasteiger partial charge on any atom is -0.384 e. The van der Waals surface area contributed by atoms with E-state index in [1.54, 1.807) is 6.07 Å². The molecule has 0 spiro atoms. The van der Waals surface area contributed by atoms with E-state index in [2.05, 4.69) is 64.9 Å². The van der Waals surface area contributed by atoms with Gasteiger partial charge in [0.1, 0.15) is 5.82 Å². The molecule has 0 amide bonds. The molecular weight excluding hydrogens is 484 g/mol. The van der Waals surface area contributed by atoms with Gasteiger partial charge in [0.05, 0.1) is 11.2 Å². The van der Waals surface area contributed by atoms with Crippen molar-refractivity contribution in [1.29, 1.82) is 0 Å². The lowest BCUT2D eigenvalue weighted by atomic mass is 9.98. The summed E-state index contributed by atoms with van der Waals surface area (Å²) < 4.78 is 2.17. The number of aromatic nitrogens is 1. The Morgan fingerprint density at radius 3 is 2.86 bits per heavy atom. The number of fused-ring (bicyclic) bond motifs is 2. The third-order valence-electron chi connectivity index (χ3n) is 4.99. The third kappa shape index (κ3) is 4.26. The van der Waals surface area contributed by atoms with E-state index in [0.717, 1.165) is 58.1 Å². The van der Waals surface area contributed by atoms with Crippen molar-refractivity contribution in [2.24, 2.45) is 0 Å². The topological polar surface area (TPSA) is 69.0 Å². The molecule has 28 heavy (non-hydrogen) atoms. The van der Waals surface area contributed by atoms with Gasteiger partial charge in [-0.15, -0.1) is 0 Å². The summed E-state index contributed by atoms with van der Waals surface area (Å²) in [6.45, 7) is 2.65. The molecule has 1 aliphatic heterocycles. The summed E-state index contributed by atoms with van der Waals surface area (Å²) in [5.41, 5.74) is 3.37. The van der Waals surface area contributed by atoms with Crippen molar-refractivity contribution in [2.45, 2.75) is 18.9 Å². The quantitative estimate of drug-likeness (QED) is 0.356. The van der Waals surface area contributed by atoms with Crippen LogP contribution in [-0.4, -0.2) is 24.6 Å². The lowest BCUT2D eigenvalue weighted by molar-refractivity contribution is 0.497. The molecule has 2 aromatic carbocycles. The molecule has 146 valence electrons. The molecule has 0 bridgehead atoms. The number of anilines is 2. The molecule has 5 nitrogen and oxygen atoms in total. The molecule has 0 fully saturated rings. The predicted octanol–water partition coefficient (Wildman–Crippen LogP) is 5.00. The van der Waals surface area contributed by atoms with Gasteiger partial charge >= 0.3 is 0 Å². The molecule has 1 atom stereocenters. The van der Waals surface area contributed by atoms with Crippen molar-refractivity contribution in [2.75, 3.05) is 30.3 Å². The first kappa shape index (κ1) is 19.5. The summed E-state index contributed by atoms with van der Waals surface area (Å²) in [5.74, 6) is 0.767. The molecule has 0 saturated heterocycles. The highest BCUT2D eigenvalue weighted by Crippen LogP contribution is 2.38. The summed E-state index contributed by atoms with van der Waals surface area (Å²) in [6, 6.07) is 13.8. The van der Waals surface area contributed by atoms with Gasteiger partial charge in [0.2, 0.25) is 0 Å². The van der Waals surface area contributed by atoms with Crippen LogP contribution in [0.3, 0.4) is 0 Å². The number of benzene rings is 2. The molecule has 0 aliphatic carbocycles. The minimum absolute atomic E-state index is 0.0393. The normalized spacial score (nSPS) is 15.9. The van der Waals surface area contributed by atoms with E-state index in [1.807, 2.05) is 24.3 Å². The smallest absolute Gasteiger partial charge is 0.191 e. The zero-order valence-electron chi connectivity index (χ0n) is 15.3. The van der Waals surface area contributed by atoms with Crippen molar-refractivity contribution < 1.29 is 0 Å². The minimum atomic E-state index is 0.0393. The zero-order valence-corrected chi connectivity index (χ0v) is 18.5. The highest BCUT2D eigenvalue weighted by molar-refractivity contribution is 9.11. The molecule has 1 unspecified atom stereocenters. The van der Waals surface area contributed by atoms with Gasteiger partial charge in [0.15, 0.2) is 5.43 Å². The summed E-state index contributed by atoms with van der Waals surface area (Å²) in [7, 11) is 0. The summed E-state index contributed by atoms with van der Waals surface area (Å²) in [4.78, 5) is 15.5. The second-order valence-electron chi connectivity index (χ2n) is 6.95. The molecule has 1 aliphatic rings. The van der Waals surface area contributed by atoms with Crippen molar-refractivity contribution in [3.05, 3.63) is 67.2 Å². The first-order valence-corrected chi connectivity index (χ1v) is 11.0. The third-order valence-corrected chi connectivity index (χ3v) is 6.08. The van der Waals surface area contributed by atoms with Crippen molar-refractivity contribution in [1.82, 2.24) is 10.3 Å². The van der Waals surface area contributed by atoms with Crippen molar-refractivity contribution in [3.8, 4) is 0 Å². The standard InChI is InChI=1S/C21H22Br2N4O/c22-13-10-15-17(6-9-26-21(15)16(23)11-13)24-7-3-8-25-20-12-19(28)14-4-1-2-5-18(14)27-20/h1-2,4-5,10-12,17,24,26H,3,6-9H2,(H2,25,27,28). The van der Waals surface area contributed by atoms with E-state index in [9.17, 15) is 4.79 Å². The molecule has 2 heterocycles. The van der Waals surface area contributed by atoms with Crippen LogP contribution in [0.5, 0.6) is 0 Å². The second-order valence-corrected chi connectivity index (χ2v) is 8.72. The van der Waals surface area contributed by atoms with Crippen LogP contribution in [0.15, 0.2) is 56.2 Å². The van der Waals surface area contributed by atoms with Gasteiger partial charge in [-0.1, -0.05) is 28.1 Å². The van der Waals surface area contributed by atoms with E-state index < -0.39 is 0 Å². The fourth-order valence-corrected chi connectivity index (χ4v) is 5.04. The van der Waals surface area contributed by atoms with Gasteiger partial charge in [0.25, 0.3) is 0 Å². The van der Waals surface area contributed by atoms with Gasteiger partial charge in [-0.05, 0) is 65.1 Å². The predicted molar refractivity (Wildman–Crippen MR) is 123 cm³/mol. The van der Waals surface area contributed by atoms with Gasteiger partial charge in [-0.3, -0.25) is 4.79 Å². The Bertz CT molecular complexity index is 1050. The highest BCUT2D eigenvalue weighted by atomic mass is 79.9. The van der Waals surface area contributed by atoms with Crippen LogP contribution in [0.4, 0.5) is 11.5 Å². The number of rotatable bonds is 6. The van der Waals surface area contributed by atoms with Gasteiger partial charge in [-0.25, -0.2) is 0 Å². The number of hydrogen-bond acceptors (Lipinski definition) is 4. The van der Waals surface area contributed by atoms with Crippen LogP contribution in [0, 0.1) is 0 Å². The first-order chi connectivity index (χ1) is 13.6. The highest BCUT2D eigenvalue weighted by Gasteiger charge is 2.21. The van der Waals surface area contributed by atoms with Gasteiger partial charge in [-0.2, -0.15) is 0 Å². The Kier molecular flexibility index (Phi) is 6.04. The van der Waals surface area contributed by atoms with Crippen LogP contribution < -0.4 is 21.4 Å². The van der Waals surface area contributed by atoms with Gasteiger partial charge < -0.3 is 20.9 Å². The first-order valence-electron chi connectivity index (χ1n) is 9.44. The van der Waals surface area contributed by atoms with E-state index in [0.29, 0.717) is 6.04 Å². The number of pyridine rings is 1. The largest absolute Gasteiger partial charge is 0.384 e. The summed E-state index contributed by atoms with van der Waals surface area (Å²) >= 11 is 7.23. The van der Waals surface area contributed by atoms with Gasteiger partial charge in [0, 0.05) is 39.5 Å². The van der Waals surface area contributed by atoms with E-state index in [4.69, 9.17) is 0 Å². The Morgan fingerprint density at radius 1 is 1.11 bits per heavy atom. The number of para-hydroxylation sites is 1. The molecular formula is C21H22Br2N4O. The Labute approximate surface area is 180 Å².